The molecule has 0 bridgehead atoms. The van der Waals surface area contributed by atoms with Gasteiger partial charge in [0.05, 0.1) is 0 Å². The Morgan fingerprint density at radius 1 is 0.750 bits per heavy atom. The highest BCUT2D eigenvalue weighted by Gasteiger charge is 2.03. The van der Waals surface area contributed by atoms with Crippen molar-refractivity contribution in [1.29, 1.82) is 0 Å². The summed E-state index contributed by atoms with van der Waals surface area (Å²) in [5, 5.41) is 0. The molecular weight excluding hydrogens is 240 g/mol. The van der Waals surface area contributed by atoms with Crippen molar-refractivity contribution in [2.24, 2.45) is 5.92 Å². The molecule has 0 rings (SSSR count). The average molecular weight is 277 g/mol. The van der Waals surface area contributed by atoms with Crippen LogP contribution in [-0.4, -0.2) is 0 Å². The van der Waals surface area contributed by atoms with Gasteiger partial charge in [-0.25, -0.2) is 0 Å². The molecule has 0 nitrogen and oxygen atoms in total. The average Bonchev–Trinajstić information content (AvgIpc) is 2.47. The Hall–Kier alpha value is -0.440. The van der Waals surface area contributed by atoms with Gasteiger partial charge >= 0.3 is 0 Å². The van der Waals surface area contributed by atoms with Crippen molar-refractivity contribution in [3.63, 3.8) is 0 Å². The molecule has 0 saturated heterocycles. The Labute approximate surface area is 129 Å². The summed E-state index contributed by atoms with van der Waals surface area (Å²) >= 11 is 0. The second-order valence-electron chi connectivity index (χ2n) is 5.91. The summed E-state index contributed by atoms with van der Waals surface area (Å²) in [5.41, 5.74) is 0. The molecule has 0 heteroatoms. The lowest BCUT2D eigenvalue weighted by Crippen LogP contribution is -1.97. The summed E-state index contributed by atoms with van der Waals surface area (Å²) in [6.07, 6.45) is 17.7. The lowest BCUT2D eigenvalue weighted by molar-refractivity contribution is 0.452. The molecular formula is C20H36. The van der Waals surface area contributed by atoms with Crippen LogP contribution in [0.15, 0.2) is 0 Å². The van der Waals surface area contributed by atoms with Gasteiger partial charge < -0.3 is 0 Å². The lowest BCUT2D eigenvalue weighted by atomic mass is 9.95. The zero-order valence-electron chi connectivity index (χ0n) is 13.9. The minimum Gasteiger partial charge on any atom is -0.103 e. The maximum absolute atomic E-state index is 3.90. The molecule has 0 fully saturated rings. The molecule has 0 heterocycles. The van der Waals surface area contributed by atoms with E-state index in [1.54, 1.807) is 0 Å². The summed E-state index contributed by atoms with van der Waals surface area (Å²) < 4.78 is 0. The molecule has 0 saturated carbocycles. The van der Waals surface area contributed by atoms with Gasteiger partial charge in [0.2, 0.25) is 0 Å². The van der Waals surface area contributed by atoms with Crippen molar-refractivity contribution >= 4 is 0 Å². The molecule has 0 N–H and O–H groups in total. The maximum Gasteiger partial charge on any atom is 0.0117 e. The fourth-order valence-corrected chi connectivity index (χ4v) is 2.46. The molecule has 0 aliphatic carbocycles. The van der Waals surface area contributed by atoms with E-state index in [9.17, 15) is 0 Å². The third-order valence-corrected chi connectivity index (χ3v) is 4.01. The first-order valence-corrected chi connectivity index (χ1v) is 8.89. The van der Waals surface area contributed by atoms with Crippen LogP contribution in [0.25, 0.3) is 0 Å². The van der Waals surface area contributed by atoms with E-state index in [0.29, 0.717) is 0 Å². The highest BCUT2D eigenvalue weighted by atomic mass is 14.1. The van der Waals surface area contributed by atoms with Crippen molar-refractivity contribution < 1.29 is 0 Å². The Morgan fingerprint density at radius 3 is 2.00 bits per heavy atom. The van der Waals surface area contributed by atoms with Gasteiger partial charge in [0.1, 0.15) is 0 Å². The Morgan fingerprint density at radius 2 is 1.35 bits per heavy atom. The zero-order chi connectivity index (χ0) is 14.9. The van der Waals surface area contributed by atoms with Crippen LogP contribution in [0.2, 0.25) is 0 Å². The molecule has 1 unspecified atom stereocenters. The number of hydrogen-bond donors (Lipinski definition) is 0. The Kier molecular flexibility index (Phi) is 16.2. The van der Waals surface area contributed by atoms with Crippen LogP contribution < -0.4 is 0 Å². The van der Waals surface area contributed by atoms with E-state index < -0.39 is 0 Å². The number of hydrogen-bond acceptors (Lipinski definition) is 0. The van der Waals surface area contributed by atoms with Gasteiger partial charge in [-0.1, -0.05) is 85.0 Å². The lowest BCUT2D eigenvalue weighted by Gasteiger charge is -2.10. The van der Waals surface area contributed by atoms with Gasteiger partial charge in [0.15, 0.2) is 0 Å². The maximum atomic E-state index is 3.90. The summed E-state index contributed by atoms with van der Waals surface area (Å²) in [6, 6.07) is 0. The standard InChI is InChI=1S/C20H36/c1-4-7-9-11-12-13-14-15-17-19-20(6-3)18-16-10-8-5-2/h20H,1-2,4-14,16,18-19H2,3H3. The predicted octanol–water partition coefficient (Wildman–Crippen LogP) is 6.76. The molecule has 0 aliphatic heterocycles. The van der Waals surface area contributed by atoms with Gasteiger partial charge in [-0.3, -0.25) is 0 Å². The van der Waals surface area contributed by atoms with Crippen molar-refractivity contribution in [3.8, 4) is 11.8 Å². The van der Waals surface area contributed by atoms with Crippen LogP contribution in [0.1, 0.15) is 96.8 Å². The largest absolute Gasteiger partial charge is 0.103 e. The highest BCUT2D eigenvalue weighted by Crippen LogP contribution is 2.17. The first-order valence-electron chi connectivity index (χ1n) is 8.89. The molecule has 116 valence electrons. The first-order chi connectivity index (χ1) is 9.85. The first kappa shape index (κ1) is 19.6. The molecule has 0 spiro atoms. The molecule has 1 atom stereocenters. The number of unbranched alkanes of at least 4 members (excludes halogenated alkanes) is 9. The van der Waals surface area contributed by atoms with Gasteiger partial charge in [-0.15, -0.1) is 11.8 Å². The van der Waals surface area contributed by atoms with Crippen LogP contribution in [-0.2, 0) is 0 Å². The fraction of sp³-hybridized carbons (Fsp3) is 0.800. The van der Waals surface area contributed by atoms with E-state index in [-0.39, 0.29) is 0 Å². The Balaban J connectivity index is 3.46. The SMILES string of the molecule is [CH2]CCCCCCCC#CCC(CC)CCCCC[CH2]. The third kappa shape index (κ3) is 14.0. The molecule has 0 amide bonds. The molecule has 0 aromatic rings. The van der Waals surface area contributed by atoms with E-state index in [4.69, 9.17) is 0 Å². The van der Waals surface area contributed by atoms with Gasteiger partial charge in [-0.05, 0) is 18.8 Å². The monoisotopic (exact) mass is 276 g/mol. The molecule has 20 heavy (non-hydrogen) atoms. The van der Waals surface area contributed by atoms with Gasteiger partial charge in [0.25, 0.3) is 0 Å². The highest BCUT2D eigenvalue weighted by molar-refractivity contribution is 4.99. The predicted molar refractivity (Wildman–Crippen MR) is 92.3 cm³/mol. The summed E-state index contributed by atoms with van der Waals surface area (Å²) in [5.74, 6) is 7.60. The summed E-state index contributed by atoms with van der Waals surface area (Å²) in [6.45, 7) is 10.1. The normalized spacial score (nSPS) is 11.9. The molecule has 0 aromatic heterocycles. The van der Waals surface area contributed by atoms with Gasteiger partial charge in [0, 0.05) is 12.8 Å². The van der Waals surface area contributed by atoms with Gasteiger partial charge in [-0.2, -0.15) is 0 Å². The molecule has 0 aliphatic rings. The van der Waals surface area contributed by atoms with E-state index in [2.05, 4.69) is 32.6 Å². The third-order valence-electron chi connectivity index (χ3n) is 4.01. The van der Waals surface area contributed by atoms with Crippen molar-refractivity contribution in [3.05, 3.63) is 13.8 Å². The van der Waals surface area contributed by atoms with Crippen molar-refractivity contribution in [2.75, 3.05) is 0 Å². The number of rotatable bonds is 13. The van der Waals surface area contributed by atoms with Crippen molar-refractivity contribution in [2.45, 2.75) is 96.8 Å². The van der Waals surface area contributed by atoms with E-state index in [0.717, 1.165) is 31.6 Å². The topological polar surface area (TPSA) is 0 Å². The second-order valence-corrected chi connectivity index (χ2v) is 5.91. The minimum absolute atomic E-state index is 0.823. The Bertz CT molecular complexity index is 230. The van der Waals surface area contributed by atoms with E-state index in [1.807, 2.05) is 0 Å². The van der Waals surface area contributed by atoms with Crippen LogP contribution in [0.4, 0.5) is 0 Å². The van der Waals surface area contributed by atoms with E-state index >= 15 is 0 Å². The fourth-order valence-electron chi connectivity index (χ4n) is 2.46. The minimum atomic E-state index is 0.823. The summed E-state index contributed by atoms with van der Waals surface area (Å²) in [7, 11) is 0. The van der Waals surface area contributed by atoms with Crippen LogP contribution in [0.3, 0.4) is 0 Å². The summed E-state index contributed by atoms with van der Waals surface area (Å²) in [4.78, 5) is 0. The van der Waals surface area contributed by atoms with E-state index in [1.165, 1.54) is 64.2 Å². The van der Waals surface area contributed by atoms with Crippen LogP contribution in [0.5, 0.6) is 0 Å². The molecule has 2 radical (unpaired) electrons. The smallest absolute Gasteiger partial charge is 0.0117 e. The quantitative estimate of drug-likeness (QED) is 0.257. The van der Waals surface area contributed by atoms with Crippen molar-refractivity contribution in [1.82, 2.24) is 0 Å². The zero-order valence-corrected chi connectivity index (χ0v) is 13.9. The second kappa shape index (κ2) is 16.6. The van der Waals surface area contributed by atoms with Crippen LogP contribution >= 0.6 is 0 Å². The van der Waals surface area contributed by atoms with Crippen LogP contribution in [0, 0.1) is 31.6 Å². The molecule has 0 aromatic carbocycles.